The Kier molecular flexibility index (Phi) is 7.57. The van der Waals surface area contributed by atoms with Crippen molar-refractivity contribution in [3.8, 4) is 5.75 Å². The zero-order chi connectivity index (χ0) is 18.1. The lowest BCUT2D eigenvalue weighted by molar-refractivity contribution is -0.120. The summed E-state index contributed by atoms with van der Waals surface area (Å²) < 4.78 is 5.40. The first-order valence-electron chi connectivity index (χ1n) is 7.67. The van der Waals surface area contributed by atoms with Gasteiger partial charge in [-0.15, -0.1) is 11.8 Å². The molecule has 0 saturated carbocycles. The van der Waals surface area contributed by atoms with Crippen LogP contribution in [0.25, 0.3) is 0 Å². The van der Waals surface area contributed by atoms with Gasteiger partial charge in [0.1, 0.15) is 12.4 Å². The van der Waals surface area contributed by atoms with Crippen molar-refractivity contribution in [3.63, 3.8) is 0 Å². The number of ether oxygens (including phenoxy) is 1. The predicted molar refractivity (Wildman–Crippen MR) is 105 cm³/mol. The van der Waals surface area contributed by atoms with E-state index < -0.39 is 0 Å². The normalized spacial score (nSPS) is 11.9. The van der Waals surface area contributed by atoms with Gasteiger partial charge in [0.2, 0.25) is 0 Å². The fourth-order valence-corrected chi connectivity index (χ4v) is 2.82. The van der Waals surface area contributed by atoms with Gasteiger partial charge in [-0.2, -0.15) is 5.10 Å². The van der Waals surface area contributed by atoms with Crippen molar-refractivity contribution in [2.24, 2.45) is 5.10 Å². The molecule has 2 rings (SSSR count). The van der Waals surface area contributed by atoms with Gasteiger partial charge in [-0.05, 0) is 61.0 Å². The highest BCUT2D eigenvalue weighted by atomic mass is 35.5. The monoisotopic (exact) mass is 374 g/mol. The average molecular weight is 375 g/mol. The second-order valence-corrected chi connectivity index (χ2v) is 6.97. The fourth-order valence-electron chi connectivity index (χ4n) is 1.84. The molecule has 4 nitrogen and oxygen atoms in total. The number of nitrogens with one attached hydrogen (secondary N) is 1. The molecular weight excluding hydrogens is 356 g/mol. The van der Waals surface area contributed by atoms with Gasteiger partial charge in [-0.3, -0.25) is 4.79 Å². The minimum Gasteiger partial charge on any atom is -0.490 e. The van der Waals surface area contributed by atoms with Crippen molar-refractivity contribution >= 4 is 35.5 Å². The first-order valence-corrected chi connectivity index (χ1v) is 8.93. The van der Waals surface area contributed by atoms with E-state index in [2.05, 4.69) is 17.1 Å². The maximum Gasteiger partial charge on any atom is 0.253 e. The van der Waals surface area contributed by atoms with Crippen LogP contribution >= 0.6 is 23.4 Å². The number of thioether (sulfide) groups is 1. The third kappa shape index (κ3) is 6.64. The smallest absolute Gasteiger partial charge is 0.253 e. The first kappa shape index (κ1) is 19.1. The van der Waals surface area contributed by atoms with Gasteiger partial charge in [0.05, 0.1) is 11.5 Å². The summed E-state index contributed by atoms with van der Waals surface area (Å²) in [6.07, 6.45) is 3.28. The molecule has 0 heterocycles. The van der Waals surface area contributed by atoms with Crippen LogP contribution in [-0.4, -0.2) is 24.0 Å². The largest absolute Gasteiger partial charge is 0.490 e. The molecule has 0 aliphatic rings. The van der Waals surface area contributed by atoms with Crippen LogP contribution in [0.5, 0.6) is 5.75 Å². The van der Waals surface area contributed by atoms with Crippen LogP contribution in [-0.2, 0) is 4.79 Å². The molecule has 0 spiro atoms. The zero-order valence-electron chi connectivity index (χ0n) is 13.8. The number of nitrogens with zero attached hydrogens (tertiary/aromatic N) is 1. The lowest BCUT2D eigenvalue weighted by atomic mass is 10.2. The Hall–Kier alpha value is -2.24. The number of amides is 1. The van der Waals surface area contributed by atoms with Crippen molar-refractivity contribution in [1.82, 2.24) is 5.43 Å². The molecule has 0 radical (unpaired) electrons. The zero-order valence-corrected chi connectivity index (χ0v) is 15.4. The van der Waals surface area contributed by atoms with Crippen LogP contribution in [0.2, 0.25) is 5.02 Å². The molecule has 130 valence electrons. The van der Waals surface area contributed by atoms with Crippen molar-refractivity contribution in [1.29, 1.82) is 0 Å². The highest BCUT2D eigenvalue weighted by Crippen LogP contribution is 2.24. The topological polar surface area (TPSA) is 50.7 Å². The highest BCUT2D eigenvalue weighted by Gasteiger charge is 2.13. The third-order valence-corrected chi connectivity index (χ3v) is 4.50. The van der Waals surface area contributed by atoms with E-state index in [1.165, 1.54) is 11.8 Å². The summed E-state index contributed by atoms with van der Waals surface area (Å²) in [5, 5.41) is 4.40. The Labute approximate surface area is 156 Å². The molecule has 1 atom stereocenters. The van der Waals surface area contributed by atoms with Gasteiger partial charge in [0.25, 0.3) is 5.91 Å². The van der Waals surface area contributed by atoms with Crippen LogP contribution in [0, 0.1) is 0 Å². The van der Waals surface area contributed by atoms with Gasteiger partial charge in [-0.1, -0.05) is 24.3 Å². The summed E-state index contributed by atoms with van der Waals surface area (Å²) in [6, 6.07) is 14.8. The SMILES string of the molecule is C=CCOc1ccc(/C=N/NC(=O)C(C)Sc2ccc(Cl)cc2)cc1. The number of carbonyl (C=O) groups excluding carboxylic acids is 1. The summed E-state index contributed by atoms with van der Waals surface area (Å²) in [6.45, 7) is 5.89. The molecule has 0 aliphatic heterocycles. The average Bonchev–Trinajstić information content (AvgIpc) is 2.62. The molecule has 0 fully saturated rings. The van der Waals surface area contributed by atoms with Crippen molar-refractivity contribution in [3.05, 3.63) is 71.8 Å². The first-order chi connectivity index (χ1) is 12.1. The lowest BCUT2D eigenvalue weighted by Crippen LogP contribution is -2.26. The maximum atomic E-state index is 12.1. The molecule has 25 heavy (non-hydrogen) atoms. The van der Waals surface area contributed by atoms with Gasteiger partial charge in [0.15, 0.2) is 0 Å². The highest BCUT2D eigenvalue weighted by molar-refractivity contribution is 8.00. The Bertz CT molecular complexity index is 730. The van der Waals surface area contributed by atoms with Crippen molar-refractivity contribution in [2.45, 2.75) is 17.1 Å². The van der Waals surface area contributed by atoms with Gasteiger partial charge >= 0.3 is 0 Å². The molecule has 2 aromatic rings. The molecule has 1 unspecified atom stereocenters. The number of hydrogen-bond donors (Lipinski definition) is 1. The van der Waals surface area contributed by atoms with Crippen LogP contribution in [0.3, 0.4) is 0 Å². The Morgan fingerprint density at radius 2 is 1.96 bits per heavy atom. The number of carbonyl (C=O) groups is 1. The number of hydrogen-bond acceptors (Lipinski definition) is 4. The van der Waals surface area contributed by atoms with E-state index in [4.69, 9.17) is 16.3 Å². The van der Waals surface area contributed by atoms with Crippen LogP contribution < -0.4 is 10.2 Å². The van der Waals surface area contributed by atoms with Crippen molar-refractivity contribution in [2.75, 3.05) is 6.61 Å². The molecule has 1 amide bonds. The molecule has 0 saturated heterocycles. The van der Waals surface area contributed by atoms with Crippen LogP contribution in [0.4, 0.5) is 0 Å². The molecule has 6 heteroatoms. The molecular formula is C19H19ClN2O2S. The molecule has 0 bridgehead atoms. The third-order valence-electron chi connectivity index (χ3n) is 3.13. The Morgan fingerprint density at radius 3 is 2.60 bits per heavy atom. The van der Waals surface area contributed by atoms with Crippen LogP contribution in [0.1, 0.15) is 12.5 Å². The molecule has 2 aromatic carbocycles. The molecule has 0 aromatic heterocycles. The summed E-state index contributed by atoms with van der Waals surface area (Å²) >= 11 is 7.30. The van der Waals surface area contributed by atoms with Crippen LogP contribution in [0.15, 0.2) is 71.2 Å². The number of hydrazone groups is 1. The van der Waals surface area contributed by atoms with E-state index in [1.54, 1.807) is 24.4 Å². The van der Waals surface area contributed by atoms with E-state index in [0.29, 0.717) is 11.6 Å². The van der Waals surface area contributed by atoms with Gasteiger partial charge in [-0.25, -0.2) is 5.43 Å². The maximum absolute atomic E-state index is 12.1. The van der Waals surface area contributed by atoms with E-state index in [9.17, 15) is 4.79 Å². The van der Waals surface area contributed by atoms with E-state index in [0.717, 1.165) is 16.2 Å². The number of rotatable bonds is 8. The second-order valence-electron chi connectivity index (χ2n) is 5.12. The quantitative estimate of drug-likeness (QED) is 0.319. The lowest BCUT2D eigenvalue weighted by Gasteiger charge is -2.09. The van der Waals surface area contributed by atoms with Crippen molar-refractivity contribution < 1.29 is 9.53 Å². The second kappa shape index (κ2) is 9.91. The van der Waals surface area contributed by atoms with E-state index >= 15 is 0 Å². The fraction of sp³-hybridized carbons (Fsp3) is 0.158. The Morgan fingerprint density at radius 1 is 1.28 bits per heavy atom. The predicted octanol–water partition coefficient (Wildman–Crippen LogP) is 4.54. The van der Waals surface area contributed by atoms with E-state index in [-0.39, 0.29) is 11.2 Å². The Balaban J connectivity index is 1.82. The van der Waals surface area contributed by atoms with E-state index in [1.807, 2.05) is 43.3 Å². The summed E-state index contributed by atoms with van der Waals surface area (Å²) in [5.41, 5.74) is 3.42. The summed E-state index contributed by atoms with van der Waals surface area (Å²) in [7, 11) is 0. The molecule has 0 aliphatic carbocycles. The minimum absolute atomic E-state index is 0.165. The molecule has 1 N–H and O–H groups in total. The van der Waals surface area contributed by atoms with Gasteiger partial charge < -0.3 is 4.74 Å². The summed E-state index contributed by atoms with van der Waals surface area (Å²) in [4.78, 5) is 13.1. The standard InChI is InChI=1S/C19H19ClN2O2S/c1-3-12-24-17-8-4-15(5-9-17)13-21-22-19(23)14(2)25-18-10-6-16(20)7-11-18/h3-11,13-14H,1,12H2,2H3,(H,22,23)/b21-13+. The number of benzene rings is 2. The summed E-state index contributed by atoms with van der Waals surface area (Å²) in [5.74, 6) is 0.594. The van der Waals surface area contributed by atoms with Gasteiger partial charge in [0, 0.05) is 9.92 Å². The minimum atomic E-state index is -0.270. The number of halogens is 1.